The van der Waals surface area contributed by atoms with E-state index in [1.165, 1.54) is 6.07 Å². The summed E-state index contributed by atoms with van der Waals surface area (Å²) in [5.41, 5.74) is 6.13. The molecule has 112 valence electrons. The molecule has 21 heavy (non-hydrogen) atoms. The normalized spacial score (nSPS) is 13.0. The van der Waals surface area contributed by atoms with Crippen LogP contribution in [0.5, 0.6) is 0 Å². The first-order valence-corrected chi connectivity index (χ1v) is 9.08. The molecular formula is C13H13BrN2O3S2. The van der Waals surface area contributed by atoms with Gasteiger partial charge in [-0.3, -0.25) is 4.79 Å². The number of thiophene rings is 1. The Bertz CT molecular complexity index is 729. The number of primary amides is 1. The quantitative estimate of drug-likeness (QED) is 0.791. The Labute approximate surface area is 135 Å². The summed E-state index contributed by atoms with van der Waals surface area (Å²) in [6.07, 6.45) is 0.210. The van der Waals surface area contributed by atoms with E-state index in [1.54, 1.807) is 6.07 Å². The molecule has 5 nitrogen and oxygen atoms in total. The Kier molecular flexibility index (Phi) is 5.15. The summed E-state index contributed by atoms with van der Waals surface area (Å²) < 4.78 is 27.6. The molecule has 0 spiro atoms. The Morgan fingerprint density at radius 1 is 1.24 bits per heavy atom. The van der Waals surface area contributed by atoms with Crippen molar-refractivity contribution in [1.29, 1.82) is 0 Å². The number of hydrogen-bond donors (Lipinski definition) is 2. The maximum atomic E-state index is 12.2. The van der Waals surface area contributed by atoms with Gasteiger partial charge in [-0.1, -0.05) is 30.3 Å². The topological polar surface area (TPSA) is 89.3 Å². The molecule has 0 saturated heterocycles. The van der Waals surface area contributed by atoms with Gasteiger partial charge in [-0.15, -0.1) is 11.3 Å². The molecule has 3 N–H and O–H groups in total. The number of halogens is 1. The van der Waals surface area contributed by atoms with Crippen molar-refractivity contribution in [3.63, 3.8) is 0 Å². The molecule has 0 saturated carbocycles. The van der Waals surface area contributed by atoms with Crippen LogP contribution in [0.4, 0.5) is 0 Å². The van der Waals surface area contributed by atoms with Crippen LogP contribution < -0.4 is 10.5 Å². The van der Waals surface area contributed by atoms with E-state index in [0.717, 1.165) is 16.9 Å². The third kappa shape index (κ3) is 4.37. The highest BCUT2D eigenvalue weighted by Gasteiger charge is 2.25. The predicted molar refractivity (Wildman–Crippen MR) is 85.5 cm³/mol. The molecule has 8 heteroatoms. The van der Waals surface area contributed by atoms with E-state index in [4.69, 9.17) is 5.73 Å². The van der Waals surface area contributed by atoms with E-state index in [-0.39, 0.29) is 10.6 Å². The molecule has 1 aromatic carbocycles. The molecule has 1 unspecified atom stereocenters. The summed E-state index contributed by atoms with van der Waals surface area (Å²) in [7, 11) is -3.77. The lowest BCUT2D eigenvalue weighted by Crippen LogP contribution is -2.45. The molecule has 1 atom stereocenters. The number of nitrogens with one attached hydrogen (secondary N) is 1. The first-order valence-electron chi connectivity index (χ1n) is 5.99. The van der Waals surface area contributed by atoms with Crippen molar-refractivity contribution >= 4 is 43.2 Å². The van der Waals surface area contributed by atoms with Crippen molar-refractivity contribution < 1.29 is 13.2 Å². The average molecular weight is 389 g/mol. The zero-order valence-electron chi connectivity index (χ0n) is 10.8. The second kappa shape index (κ2) is 6.69. The van der Waals surface area contributed by atoms with E-state index in [2.05, 4.69) is 20.7 Å². The highest BCUT2D eigenvalue weighted by molar-refractivity contribution is 9.11. The fourth-order valence-electron chi connectivity index (χ4n) is 1.74. The van der Waals surface area contributed by atoms with Gasteiger partial charge in [-0.2, -0.15) is 4.72 Å². The Balaban J connectivity index is 2.18. The fraction of sp³-hybridized carbons (Fsp3) is 0.154. The summed E-state index contributed by atoms with van der Waals surface area (Å²) >= 11 is 4.28. The van der Waals surface area contributed by atoms with Crippen molar-refractivity contribution in [1.82, 2.24) is 4.72 Å². The van der Waals surface area contributed by atoms with Gasteiger partial charge in [0.2, 0.25) is 5.91 Å². The molecule has 0 aliphatic carbocycles. The van der Waals surface area contributed by atoms with E-state index in [0.29, 0.717) is 3.79 Å². The van der Waals surface area contributed by atoms with Crippen molar-refractivity contribution in [3.05, 3.63) is 51.8 Å². The van der Waals surface area contributed by atoms with E-state index < -0.39 is 22.0 Å². The average Bonchev–Trinajstić information content (AvgIpc) is 2.86. The minimum Gasteiger partial charge on any atom is -0.368 e. The molecule has 0 fully saturated rings. The van der Waals surface area contributed by atoms with Gasteiger partial charge in [-0.25, -0.2) is 8.42 Å². The lowest BCUT2D eigenvalue weighted by Gasteiger charge is -2.15. The number of sulfonamides is 1. The van der Waals surface area contributed by atoms with Crippen LogP contribution >= 0.6 is 27.3 Å². The van der Waals surface area contributed by atoms with Crippen LogP contribution in [0, 0.1) is 0 Å². The van der Waals surface area contributed by atoms with Gasteiger partial charge in [0.25, 0.3) is 10.0 Å². The summed E-state index contributed by atoms with van der Waals surface area (Å²) in [5.74, 6) is -0.710. The number of carbonyl (C=O) groups is 1. The highest BCUT2D eigenvalue weighted by atomic mass is 79.9. The molecular weight excluding hydrogens is 376 g/mol. The van der Waals surface area contributed by atoms with E-state index >= 15 is 0 Å². The summed E-state index contributed by atoms with van der Waals surface area (Å²) in [6.45, 7) is 0. The van der Waals surface area contributed by atoms with E-state index in [9.17, 15) is 13.2 Å². The summed E-state index contributed by atoms with van der Waals surface area (Å²) in [5, 5.41) is 0. The standard InChI is InChI=1S/C13H13BrN2O3S2/c14-11-6-7-12(20-11)21(18,19)16-10(13(15)17)8-9-4-2-1-3-5-9/h1-7,10,16H,8H2,(H2,15,17). The summed E-state index contributed by atoms with van der Waals surface area (Å²) in [4.78, 5) is 11.5. The predicted octanol–water partition coefficient (Wildman–Crippen LogP) is 1.89. The van der Waals surface area contributed by atoms with Gasteiger partial charge in [-0.05, 0) is 40.0 Å². The monoisotopic (exact) mass is 388 g/mol. The number of amides is 1. The lowest BCUT2D eigenvalue weighted by atomic mass is 10.1. The van der Waals surface area contributed by atoms with Gasteiger partial charge in [0.05, 0.1) is 3.79 Å². The first kappa shape index (κ1) is 16.2. The van der Waals surface area contributed by atoms with Crippen LogP contribution in [0.15, 0.2) is 50.5 Å². The van der Waals surface area contributed by atoms with Crippen molar-refractivity contribution in [2.75, 3.05) is 0 Å². The van der Waals surface area contributed by atoms with Gasteiger partial charge >= 0.3 is 0 Å². The Morgan fingerprint density at radius 3 is 2.43 bits per heavy atom. The number of rotatable bonds is 6. The fourth-order valence-corrected chi connectivity index (χ4v) is 4.97. The number of benzene rings is 1. The van der Waals surface area contributed by atoms with E-state index in [1.807, 2.05) is 30.3 Å². The van der Waals surface area contributed by atoms with Crippen LogP contribution in [0.3, 0.4) is 0 Å². The van der Waals surface area contributed by atoms with Crippen LogP contribution in [0.1, 0.15) is 5.56 Å². The molecule has 2 rings (SSSR count). The third-order valence-electron chi connectivity index (χ3n) is 2.74. The molecule has 1 amide bonds. The van der Waals surface area contributed by atoms with Crippen molar-refractivity contribution in [3.8, 4) is 0 Å². The first-order chi connectivity index (χ1) is 9.88. The minimum absolute atomic E-state index is 0.133. The zero-order valence-corrected chi connectivity index (χ0v) is 14.0. The Hall–Kier alpha value is -1.22. The van der Waals surface area contributed by atoms with Crippen LogP contribution in [-0.4, -0.2) is 20.4 Å². The number of nitrogens with two attached hydrogens (primary N) is 1. The van der Waals surface area contributed by atoms with Crippen LogP contribution in [-0.2, 0) is 21.2 Å². The third-order valence-corrected chi connectivity index (χ3v) is 6.32. The number of carbonyl (C=O) groups excluding carboxylic acids is 1. The largest absolute Gasteiger partial charge is 0.368 e. The van der Waals surface area contributed by atoms with Crippen LogP contribution in [0.2, 0.25) is 0 Å². The van der Waals surface area contributed by atoms with Gasteiger partial charge in [0.15, 0.2) is 0 Å². The van der Waals surface area contributed by atoms with Crippen molar-refractivity contribution in [2.24, 2.45) is 5.73 Å². The molecule has 0 aliphatic heterocycles. The maximum Gasteiger partial charge on any atom is 0.250 e. The molecule has 2 aromatic rings. The van der Waals surface area contributed by atoms with Gasteiger partial charge < -0.3 is 5.73 Å². The minimum atomic E-state index is -3.77. The Morgan fingerprint density at radius 2 is 1.90 bits per heavy atom. The maximum absolute atomic E-state index is 12.2. The van der Waals surface area contributed by atoms with Crippen molar-refractivity contribution in [2.45, 2.75) is 16.7 Å². The second-order valence-corrected chi connectivity index (χ2v) is 8.73. The zero-order chi connectivity index (χ0) is 15.5. The number of hydrogen-bond acceptors (Lipinski definition) is 4. The highest BCUT2D eigenvalue weighted by Crippen LogP contribution is 2.26. The van der Waals surface area contributed by atoms with Gasteiger partial charge in [0, 0.05) is 0 Å². The van der Waals surface area contributed by atoms with Gasteiger partial charge in [0.1, 0.15) is 10.3 Å². The van der Waals surface area contributed by atoms with Crippen LogP contribution in [0.25, 0.3) is 0 Å². The second-order valence-electron chi connectivity index (χ2n) is 4.32. The summed E-state index contributed by atoms with van der Waals surface area (Å²) in [6, 6.07) is 11.2. The molecule has 1 aromatic heterocycles. The SMILES string of the molecule is NC(=O)C(Cc1ccccc1)NS(=O)(=O)c1ccc(Br)s1. The molecule has 1 heterocycles. The molecule has 0 bridgehead atoms. The molecule has 0 aliphatic rings. The molecule has 0 radical (unpaired) electrons. The lowest BCUT2D eigenvalue weighted by molar-refractivity contribution is -0.119. The smallest absolute Gasteiger partial charge is 0.250 e.